The summed E-state index contributed by atoms with van der Waals surface area (Å²) in [6.45, 7) is 1.97. The van der Waals surface area contributed by atoms with Crippen molar-refractivity contribution >= 4 is 17.5 Å². The predicted molar refractivity (Wildman–Crippen MR) is 67.1 cm³/mol. The third kappa shape index (κ3) is 2.65. The van der Waals surface area contributed by atoms with E-state index in [4.69, 9.17) is 5.26 Å². The Morgan fingerprint density at radius 2 is 2.06 bits per heavy atom. The Kier molecular flexibility index (Phi) is 3.25. The van der Waals surface area contributed by atoms with Crippen LogP contribution in [0.15, 0.2) is 30.5 Å². The van der Waals surface area contributed by atoms with Crippen molar-refractivity contribution in [3.05, 3.63) is 41.6 Å². The average molecular weight is 241 g/mol. The van der Waals surface area contributed by atoms with Gasteiger partial charge in [0.1, 0.15) is 17.5 Å². The summed E-state index contributed by atoms with van der Waals surface area (Å²) in [6.07, 6.45) is 1.35. The number of benzene rings is 1. The van der Waals surface area contributed by atoms with Crippen LogP contribution in [0.25, 0.3) is 0 Å². The van der Waals surface area contributed by atoms with Gasteiger partial charge in [-0.25, -0.2) is 4.79 Å². The van der Waals surface area contributed by atoms with Crippen LogP contribution in [0.3, 0.4) is 0 Å². The monoisotopic (exact) mass is 241 g/mol. The van der Waals surface area contributed by atoms with E-state index < -0.39 is 6.03 Å². The van der Waals surface area contributed by atoms with Crippen LogP contribution in [0.1, 0.15) is 11.1 Å². The van der Waals surface area contributed by atoms with E-state index in [9.17, 15) is 4.79 Å². The molecular formula is C12H11N5O. The van der Waals surface area contributed by atoms with Crippen molar-refractivity contribution in [3.8, 4) is 6.07 Å². The summed E-state index contributed by atoms with van der Waals surface area (Å²) in [5.41, 5.74) is 2.08. The molecule has 0 radical (unpaired) electrons. The van der Waals surface area contributed by atoms with E-state index in [1.54, 1.807) is 12.1 Å². The highest BCUT2D eigenvalue weighted by Gasteiger charge is 2.08. The van der Waals surface area contributed by atoms with Gasteiger partial charge in [0.2, 0.25) is 0 Å². The second-order valence-corrected chi connectivity index (χ2v) is 3.72. The first kappa shape index (κ1) is 11.7. The van der Waals surface area contributed by atoms with Crippen molar-refractivity contribution in [2.24, 2.45) is 0 Å². The fraction of sp³-hybridized carbons (Fsp3) is 0.0833. The molecule has 1 heterocycles. The molecule has 1 aromatic carbocycles. The maximum Gasteiger partial charge on any atom is 0.324 e. The molecule has 2 aromatic rings. The van der Waals surface area contributed by atoms with Crippen molar-refractivity contribution in [2.75, 3.05) is 10.6 Å². The number of H-pyrrole nitrogens is 1. The third-order valence-electron chi connectivity index (χ3n) is 2.31. The van der Waals surface area contributed by atoms with E-state index in [2.05, 4.69) is 20.8 Å². The predicted octanol–water partition coefficient (Wildman–Crippen LogP) is 2.23. The van der Waals surface area contributed by atoms with E-state index >= 15 is 0 Å². The first-order valence-electron chi connectivity index (χ1n) is 5.27. The number of urea groups is 1. The van der Waals surface area contributed by atoms with Crippen molar-refractivity contribution in [1.82, 2.24) is 10.2 Å². The normalized spacial score (nSPS) is 9.56. The van der Waals surface area contributed by atoms with Crippen molar-refractivity contribution < 1.29 is 4.79 Å². The number of rotatable bonds is 2. The standard InChI is InChI=1S/C12H11N5O/c1-8-2-4-10(5-3-8)15-12(18)16-11-9(6-13)7-14-17-11/h2-5,7H,1H3,(H3,14,15,16,17,18). The molecular weight excluding hydrogens is 230 g/mol. The number of aryl methyl sites for hydroxylation is 1. The molecule has 0 unspecified atom stereocenters. The van der Waals surface area contributed by atoms with Gasteiger partial charge < -0.3 is 5.32 Å². The fourth-order valence-electron chi connectivity index (χ4n) is 1.38. The maximum atomic E-state index is 11.7. The van der Waals surface area contributed by atoms with Gasteiger partial charge in [-0.3, -0.25) is 10.4 Å². The van der Waals surface area contributed by atoms with E-state index in [0.717, 1.165) is 5.56 Å². The number of nitrogens with one attached hydrogen (secondary N) is 3. The zero-order valence-corrected chi connectivity index (χ0v) is 9.69. The van der Waals surface area contributed by atoms with Crippen molar-refractivity contribution in [2.45, 2.75) is 6.92 Å². The minimum atomic E-state index is -0.431. The highest BCUT2D eigenvalue weighted by atomic mass is 16.2. The quantitative estimate of drug-likeness (QED) is 0.752. The molecule has 0 saturated heterocycles. The molecule has 0 bridgehead atoms. The van der Waals surface area contributed by atoms with E-state index in [0.29, 0.717) is 5.69 Å². The number of nitrogens with zero attached hydrogens (tertiary/aromatic N) is 2. The van der Waals surface area contributed by atoms with Gasteiger partial charge in [0.25, 0.3) is 0 Å². The van der Waals surface area contributed by atoms with E-state index in [1.165, 1.54) is 6.20 Å². The lowest BCUT2D eigenvalue weighted by Crippen LogP contribution is -2.20. The molecule has 6 nitrogen and oxygen atoms in total. The number of hydrogen-bond acceptors (Lipinski definition) is 3. The lowest BCUT2D eigenvalue weighted by atomic mass is 10.2. The Bertz CT molecular complexity index is 594. The minimum absolute atomic E-state index is 0.280. The summed E-state index contributed by atoms with van der Waals surface area (Å²) >= 11 is 0. The van der Waals surface area contributed by atoms with Crippen molar-refractivity contribution in [1.29, 1.82) is 5.26 Å². The third-order valence-corrected chi connectivity index (χ3v) is 2.31. The van der Waals surface area contributed by atoms with Crippen LogP contribution in [0, 0.1) is 18.3 Å². The molecule has 0 fully saturated rings. The van der Waals surface area contributed by atoms with Gasteiger partial charge in [0, 0.05) is 5.69 Å². The summed E-state index contributed by atoms with van der Waals surface area (Å²) in [4.78, 5) is 11.7. The Morgan fingerprint density at radius 3 is 2.72 bits per heavy atom. The molecule has 2 rings (SSSR count). The first-order chi connectivity index (χ1) is 8.69. The Labute approximate surface area is 104 Å². The molecule has 0 spiro atoms. The second-order valence-electron chi connectivity index (χ2n) is 3.72. The van der Waals surface area contributed by atoms with Gasteiger partial charge in [-0.1, -0.05) is 17.7 Å². The van der Waals surface area contributed by atoms with Crippen LogP contribution in [0.5, 0.6) is 0 Å². The van der Waals surface area contributed by atoms with Gasteiger partial charge in [0.15, 0.2) is 0 Å². The molecule has 0 aliphatic carbocycles. The Morgan fingerprint density at radius 1 is 1.33 bits per heavy atom. The number of nitriles is 1. The Balaban J connectivity index is 2.01. The molecule has 1 aromatic heterocycles. The zero-order chi connectivity index (χ0) is 13.0. The van der Waals surface area contributed by atoms with E-state index in [1.807, 2.05) is 25.1 Å². The molecule has 2 amide bonds. The van der Waals surface area contributed by atoms with Gasteiger partial charge >= 0.3 is 6.03 Å². The van der Waals surface area contributed by atoms with Crippen LogP contribution in [0.2, 0.25) is 0 Å². The largest absolute Gasteiger partial charge is 0.324 e. The highest BCUT2D eigenvalue weighted by molar-refractivity contribution is 5.99. The number of aromatic amines is 1. The molecule has 90 valence electrons. The molecule has 0 aliphatic rings. The van der Waals surface area contributed by atoms with Crippen LogP contribution < -0.4 is 10.6 Å². The minimum Gasteiger partial charge on any atom is -0.308 e. The summed E-state index contributed by atoms with van der Waals surface area (Å²) < 4.78 is 0. The van der Waals surface area contributed by atoms with Gasteiger partial charge in [-0.05, 0) is 19.1 Å². The highest BCUT2D eigenvalue weighted by Crippen LogP contribution is 2.11. The summed E-state index contributed by atoms with van der Waals surface area (Å²) in [6, 6.07) is 8.87. The molecule has 0 aliphatic heterocycles. The van der Waals surface area contributed by atoms with Crippen LogP contribution >= 0.6 is 0 Å². The average Bonchev–Trinajstić information content (AvgIpc) is 2.79. The molecule has 18 heavy (non-hydrogen) atoms. The number of carbonyl (C=O) groups is 1. The maximum absolute atomic E-state index is 11.7. The van der Waals surface area contributed by atoms with Crippen LogP contribution in [0.4, 0.5) is 16.3 Å². The molecule has 3 N–H and O–H groups in total. The SMILES string of the molecule is Cc1ccc(NC(=O)Nc2[nH]ncc2C#N)cc1. The summed E-state index contributed by atoms with van der Waals surface area (Å²) in [7, 11) is 0. The number of anilines is 2. The fourth-order valence-corrected chi connectivity index (χ4v) is 1.38. The molecule has 0 saturated carbocycles. The topological polar surface area (TPSA) is 93.6 Å². The first-order valence-corrected chi connectivity index (χ1v) is 5.27. The van der Waals surface area contributed by atoms with Gasteiger partial charge in [-0.2, -0.15) is 10.4 Å². The van der Waals surface area contributed by atoms with Crippen LogP contribution in [-0.2, 0) is 0 Å². The zero-order valence-electron chi connectivity index (χ0n) is 9.69. The number of amides is 2. The van der Waals surface area contributed by atoms with Gasteiger partial charge in [0.05, 0.1) is 6.20 Å². The van der Waals surface area contributed by atoms with E-state index in [-0.39, 0.29) is 11.4 Å². The molecule has 0 atom stereocenters. The lowest BCUT2D eigenvalue weighted by molar-refractivity contribution is 0.262. The number of carbonyl (C=O) groups excluding carboxylic acids is 1. The van der Waals surface area contributed by atoms with Gasteiger partial charge in [-0.15, -0.1) is 0 Å². The second kappa shape index (κ2) is 5.01. The lowest BCUT2D eigenvalue weighted by Gasteiger charge is -2.06. The van der Waals surface area contributed by atoms with Crippen molar-refractivity contribution in [3.63, 3.8) is 0 Å². The Hall–Kier alpha value is -2.81. The summed E-state index contributed by atoms with van der Waals surface area (Å²) in [5, 5.41) is 20.1. The number of hydrogen-bond donors (Lipinski definition) is 3. The van der Waals surface area contributed by atoms with Crippen LogP contribution in [-0.4, -0.2) is 16.2 Å². The smallest absolute Gasteiger partial charge is 0.308 e. The summed E-state index contributed by atoms with van der Waals surface area (Å²) in [5.74, 6) is 0.280. The number of aromatic nitrogens is 2. The molecule has 6 heteroatoms.